The Morgan fingerprint density at radius 3 is 2.56 bits per heavy atom. The molecule has 2 N–H and O–H groups in total. The van der Waals surface area contributed by atoms with Gasteiger partial charge in [-0.2, -0.15) is 4.98 Å². The molecule has 0 aliphatic heterocycles. The fraction of sp³-hybridized carbons (Fsp3) is 0.333. The second-order valence-electron chi connectivity index (χ2n) is 4.48. The van der Waals surface area contributed by atoms with Gasteiger partial charge in [0, 0.05) is 11.4 Å². The number of halogens is 2. The van der Waals surface area contributed by atoms with E-state index in [-0.39, 0.29) is 17.9 Å². The van der Waals surface area contributed by atoms with Gasteiger partial charge in [-0.25, -0.2) is 0 Å². The van der Waals surface area contributed by atoms with Crippen molar-refractivity contribution in [3.05, 3.63) is 46.6 Å². The Morgan fingerprint density at radius 2 is 1.94 bits per heavy atom. The van der Waals surface area contributed by atoms with Gasteiger partial charge in [0.1, 0.15) is 0 Å². The van der Waals surface area contributed by atoms with E-state index in [0.717, 1.165) is 23.4 Å². The first-order valence-electron chi connectivity index (χ1n) is 5.52. The highest BCUT2D eigenvalue weighted by molar-refractivity contribution is 6.30. The van der Waals surface area contributed by atoms with E-state index in [9.17, 15) is 0 Å². The Hall–Kier alpha value is -1.10. The van der Waals surface area contributed by atoms with Gasteiger partial charge in [-0.3, -0.25) is 0 Å². The molecule has 1 heterocycles. The Morgan fingerprint density at radius 1 is 1.28 bits per heavy atom. The lowest BCUT2D eigenvalue weighted by Gasteiger charge is -1.98. The highest BCUT2D eigenvalue weighted by Gasteiger charge is 2.45. The predicted octanol–water partition coefficient (Wildman–Crippen LogP) is 2.68. The number of aromatic nitrogens is 2. The van der Waals surface area contributed by atoms with Crippen molar-refractivity contribution in [3.63, 3.8) is 0 Å². The lowest BCUT2D eigenvalue weighted by atomic mass is 10.1. The monoisotopic (exact) mass is 285 g/mol. The van der Waals surface area contributed by atoms with Gasteiger partial charge < -0.3 is 10.3 Å². The quantitative estimate of drug-likeness (QED) is 0.942. The Bertz CT molecular complexity index is 535. The summed E-state index contributed by atoms with van der Waals surface area (Å²) in [7, 11) is 0. The molecule has 6 heteroatoms. The van der Waals surface area contributed by atoms with Gasteiger partial charge in [0.2, 0.25) is 5.89 Å². The summed E-state index contributed by atoms with van der Waals surface area (Å²) in [6, 6.07) is 7.60. The van der Waals surface area contributed by atoms with Crippen molar-refractivity contribution in [2.45, 2.75) is 24.8 Å². The summed E-state index contributed by atoms with van der Waals surface area (Å²) in [6.07, 6.45) is 2.49. The van der Waals surface area contributed by atoms with Gasteiger partial charge >= 0.3 is 0 Å². The maximum Gasteiger partial charge on any atom is 0.246 e. The van der Waals surface area contributed by atoms with E-state index in [2.05, 4.69) is 10.1 Å². The number of benzene rings is 1. The van der Waals surface area contributed by atoms with Crippen LogP contribution in [0.1, 0.15) is 30.1 Å². The second kappa shape index (κ2) is 4.88. The van der Waals surface area contributed by atoms with Crippen LogP contribution in [0.25, 0.3) is 0 Å². The van der Waals surface area contributed by atoms with Crippen LogP contribution in [0.3, 0.4) is 0 Å². The van der Waals surface area contributed by atoms with E-state index in [0.29, 0.717) is 18.1 Å². The van der Waals surface area contributed by atoms with Crippen LogP contribution in [0.5, 0.6) is 0 Å². The standard InChI is InChI=1S/C12H12ClN3O.ClH/c13-9-3-1-8(2-4-9)7-10-15-11(17-16-10)12(14)5-6-12;/h1-4H,5-7,14H2;1H. The molecule has 3 rings (SSSR count). The molecule has 0 radical (unpaired) electrons. The molecule has 0 unspecified atom stereocenters. The molecule has 2 aromatic rings. The van der Waals surface area contributed by atoms with E-state index >= 15 is 0 Å². The molecular formula is C12H13Cl2N3O. The third kappa shape index (κ3) is 2.66. The maximum absolute atomic E-state index is 5.98. The number of hydrogen-bond acceptors (Lipinski definition) is 4. The molecule has 1 aromatic carbocycles. The summed E-state index contributed by atoms with van der Waals surface area (Å²) >= 11 is 5.82. The molecule has 1 aliphatic rings. The van der Waals surface area contributed by atoms with Crippen LogP contribution in [0.4, 0.5) is 0 Å². The summed E-state index contributed by atoms with van der Waals surface area (Å²) in [6.45, 7) is 0. The summed E-state index contributed by atoms with van der Waals surface area (Å²) in [5, 5.41) is 4.66. The average molecular weight is 286 g/mol. The van der Waals surface area contributed by atoms with Gasteiger partial charge in [0.15, 0.2) is 5.82 Å². The van der Waals surface area contributed by atoms with E-state index in [1.165, 1.54) is 0 Å². The zero-order valence-corrected chi connectivity index (χ0v) is 11.2. The zero-order valence-electron chi connectivity index (χ0n) is 9.60. The average Bonchev–Trinajstić information content (AvgIpc) is 2.90. The summed E-state index contributed by atoms with van der Waals surface area (Å²) < 4.78 is 5.18. The van der Waals surface area contributed by atoms with E-state index < -0.39 is 0 Å². The van der Waals surface area contributed by atoms with Gasteiger partial charge in [0.05, 0.1) is 5.54 Å². The molecule has 0 spiro atoms. The molecule has 0 bridgehead atoms. The smallest absolute Gasteiger partial charge is 0.246 e. The minimum absolute atomic E-state index is 0. The molecule has 1 saturated carbocycles. The second-order valence-corrected chi connectivity index (χ2v) is 4.91. The van der Waals surface area contributed by atoms with Crippen molar-refractivity contribution in [3.8, 4) is 0 Å². The Kier molecular flexibility index (Phi) is 3.61. The third-order valence-electron chi connectivity index (χ3n) is 2.96. The molecule has 1 fully saturated rings. The third-order valence-corrected chi connectivity index (χ3v) is 3.21. The molecule has 1 aliphatic carbocycles. The largest absolute Gasteiger partial charge is 0.337 e. The summed E-state index contributed by atoms with van der Waals surface area (Å²) in [4.78, 5) is 4.33. The fourth-order valence-electron chi connectivity index (χ4n) is 1.66. The van der Waals surface area contributed by atoms with Crippen molar-refractivity contribution >= 4 is 24.0 Å². The molecule has 1 aromatic heterocycles. The predicted molar refractivity (Wildman–Crippen MR) is 70.9 cm³/mol. The first-order valence-corrected chi connectivity index (χ1v) is 5.90. The van der Waals surface area contributed by atoms with Crippen LogP contribution < -0.4 is 5.73 Å². The van der Waals surface area contributed by atoms with Crippen molar-refractivity contribution in [2.24, 2.45) is 5.73 Å². The minimum Gasteiger partial charge on any atom is -0.337 e. The molecular weight excluding hydrogens is 273 g/mol. The maximum atomic E-state index is 5.98. The Labute approximate surface area is 116 Å². The van der Waals surface area contributed by atoms with Crippen molar-refractivity contribution in [1.29, 1.82) is 0 Å². The van der Waals surface area contributed by atoms with E-state index in [1.54, 1.807) is 0 Å². The number of nitrogens with two attached hydrogens (primary N) is 1. The SMILES string of the molecule is Cl.NC1(c2nc(Cc3ccc(Cl)cc3)no2)CC1. The van der Waals surface area contributed by atoms with Crippen molar-refractivity contribution in [1.82, 2.24) is 10.1 Å². The number of hydrogen-bond donors (Lipinski definition) is 1. The first kappa shape index (κ1) is 13.3. The molecule has 4 nitrogen and oxygen atoms in total. The Balaban J connectivity index is 0.00000120. The van der Waals surface area contributed by atoms with Crippen LogP contribution in [-0.4, -0.2) is 10.1 Å². The molecule has 0 atom stereocenters. The molecule has 96 valence electrons. The molecule has 0 saturated heterocycles. The van der Waals surface area contributed by atoms with E-state index in [4.69, 9.17) is 21.9 Å². The van der Waals surface area contributed by atoms with Crippen LogP contribution in [0.15, 0.2) is 28.8 Å². The summed E-state index contributed by atoms with van der Waals surface area (Å²) in [5.74, 6) is 1.22. The topological polar surface area (TPSA) is 64.9 Å². The normalized spacial score (nSPS) is 16.1. The highest BCUT2D eigenvalue weighted by Crippen LogP contribution is 2.41. The van der Waals surface area contributed by atoms with Gasteiger partial charge in [-0.1, -0.05) is 28.9 Å². The summed E-state index contributed by atoms with van der Waals surface area (Å²) in [5.41, 5.74) is 6.73. The van der Waals surface area contributed by atoms with Crippen LogP contribution in [0.2, 0.25) is 5.02 Å². The lowest BCUT2D eigenvalue weighted by Crippen LogP contribution is -2.19. The van der Waals surface area contributed by atoms with Crippen molar-refractivity contribution < 1.29 is 4.52 Å². The number of rotatable bonds is 3. The molecule has 18 heavy (non-hydrogen) atoms. The lowest BCUT2D eigenvalue weighted by molar-refractivity contribution is 0.344. The van der Waals surface area contributed by atoms with Crippen LogP contribution in [0, 0.1) is 0 Å². The molecule has 0 amide bonds. The van der Waals surface area contributed by atoms with Gasteiger partial charge in [-0.05, 0) is 30.5 Å². The zero-order chi connectivity index (χ0) is 11.9. The van der Waals surface area contributed by atoms with E-state index in [1.807, 2.05) is 24.3 Å². The van der Waals surface area contributed by atoms with Crippen molar-refractivity contribution in [2.75, 3.05) is 0 Å². The van der Waals surface area contributed by atoms with Gasteiger partial charge in [-0.15, -0.1) is 12.4 Å². The number of nitrogens with zero attached hydrogens (tertiary/aromatic N) is 2. The minimum atomic E-state index is -0.356. The van der Waals surface area contributed by atoms with Crippen LogP contribution >= 0.6 is 24.0 Å². The van der Waals surface area contributed by atoms with Crippen LogP contribution in [-0.2, 0) is 12.0 Å². The fourth-order valence-corrected chi connectivity index (χ4v) is 1.79. The highest BCUT2D eigenvalue weighted by atomic mass is 35.5. The van der Waals surface area contributed by atoms with Gasteiger partial charge in [0.25, 0.3) is 0 Å². The first-order chi connectivity index (χ1) is 8.16.